The van der Waals surface area contributed by atoms with E-state index in [9.17, 15) is 34.1 Å². The average molecular weight is 601 g/mol. The van der Waals surface area contributed by atoms with Gasteiger partial charge in [-0.05, 0) is 42.5 Å². The van der Waals surface area contributed by atoms with Gasteiger partial charge in [-0.1, -0.05) is 36.4 Å². The summed E-state index contributed by atoms with van der Waals surface area (Å²) in [7, 11) is 1.79. The molecule has 1 aliphatic rings. The number of allylic oxidation sites excluding steroid dienone is 2. The number of benzene rings is 2. The smallest absolute Gasteiger partial charge is 0.437 e. The van der Waals surface area contributed by atoms with Crippen LogP contribution in [0, 0.1) is 34.0 Å². The minimum atomic E-state index is -5.07. The molecular formula is C32H23F3N4O3S. The van der Waals surface area contributed by atoms with Crippen molar-refractivity contribution >= 4 is 35.3 Å². The van der Waals surface area contributed by atoms with Crippen molar-refractivity contribution in [2.45, 2.75) is 11.8 Å². The predicted octanol–water partition coefficient (Wildman–Crippen LogP) is 6.68. The van der Waals surface area contributed by atoms with Crippen LogP contribution in [-0.2, 0) is 10.3 Å². The van der Waals surface area contributed by atoms with E-state index in [1.807, 2.05) is 0 Å². The molecule has 0 radical (unpaired) electrons. The Hall–Kier alpha value is -5.28. The van der Waals surface area contributed by atoms with E-state index in [0.29, 0.717) is 17.0 Å². The molecule has 0 spiro atoms. The van der Waals surface area contributed by atoms with Gasteiger partial charge in [0.1, 0.15) is 29.5 Å². The second-order valence-corrected chi connectivity index (χ2v) is 10.4. The fraction of sp³-hybridized carbons (Fsp3) is 0.156. The molecule has 2 aromatic carbocycles. The van der Waals surface area contributed by atoms with Gasteiger partial charge in [-0.3, -0.25) is 0 Å². The number of likely N-dealkylation sites (N-methyl/N-ethyl adjacent to an activating group) is 1. The van der Waals surface area contributed by atoms with Crippen molar-refractivity contribution in [1.82, 2.24) is 0 Å². The number of thiophene rings is 1. The minimum absolute atomic E-state index is 0.0295. The normalized spacial score (nSPS) is 16.7. The molecule has 1 atom stereocenters. The zero-order valence-corrected chi connectivity index (χ0v) is 23.4. The number of aliphatic hydroxyl groups is 1. The molecule has 0 saturated heterocycles. The highest BCUT2D eigenvalue weighted by molar-refractivity contribution is 7.13. The number of hydrogen-bond acceptors (Lipinski definition) is 8. The zero-order valence-electron chi connectivity index (χ0n) is 22.6. The fourth-order valence-corrected chi connectivity index (χ4v) is 5.32. The first-order valence-electron chi connectivity index (χ1n) is 12.7. The summed E-state index contributed by atoms with van der Waals surface area (Å²) in [6, 6.07) is 20.0. The van der Waals surface area contributed by atoms with Crippen LogP contribution in [0.3, 0.4) is 0 Å². The fourth-order valence-electron chi connectivity index (χ4n) is 4.51. The van der Waals surface area contributed by atoms with E-state index in [-0.39, 0.29) is 17.9 Å². The van der Waals surface area contributed by atoms with Crippen molar-refractivity contribution in [3.63, 3.8) is 0 Å². The van der Waals surface area contributed by atoms with Gasteiger partial charge in [0, 0.05) is 51.8 Å². The minimum Gasteiger partial charge on any atom is -0.507 e. The van der Waals surface area contributed by atoms with Gasteiger partial charge in [0.2, 0.25) is 0 Å². The van der Waals surface area contributed by atoms with E-state index >= 15 is 0 Å². The number of rotatable bonds is 8. The molecule has 1 aliphatic heterocycles. The molecule has 216 valence electrons. The molecule has 0 bridgehead atoms. The van der Waals surface area contributed by atoms with Crippen molar-refractivity contribution in [2.24, 2.45) is 0 Å². The first kappa shape index (κ1) is 30.7. The number of aromatic hydroxyl groups is 1. The summed E-state index contributed by atoms with van der Waals surface area (Å²) < 4.78 is 50.1. The number of ether oxygens (including phenoxy) is 1. The van der Waals surface area contributed by atoms with Crippen LogP contribution < -0.4 is 4.90 Å². The van der Waals surface area contributed by atoms with E-state index < -0.39 is 34.3 Å². The van der Waals surface area contributed by atoms with E-state index in [4.69, 9.17) is 9.84 Å². The molecule has 0 aliphatic carbocycles. The lowest BCUT2D eigenvalue weighted by Crippen LogP contribution is -2.43. The quantitative estimate of drug-likeness (QED) is 0.277. The molecule has 7 nitrogen and oxygen atoms in total. The van der Waals surface area contributed by atoms with Gasteiger partial charge in [0.15, 0.2) is 11.3 Å². The van der Waals surface area contributed by atoms with Crippen LogP contribution in [-0.4, -0.2) is 36.6 Å². The standard InChI is InChI=1S/C32H23F3N4O3S/c1-39(15-16-40)24-9-7-21(29(41)17-24)8-10-25-11-12-26(43-25)13-14-28-27(20-38)30(22(18-36)19-37)42-31(28,32(33,34)35)23-5-3-2-4-6-23/h2-14,17,40-41H,15-16H2,1H3/b10-8+,14-13+. The Morgan fingerprint density at radius 2 is 1.63 bits per heavy atom. The lowest BCUT2D eigenvalue weighted by Gasteiger charge is -2.33. The molecule has 2 N–H and O–H groups in total. The molecule has 1 unspecified atom stereocenters. The third-order valence-corrected chi connectivity index (χ3v) is 7.67. The molecule has 0 amide bonds. The number of nitrogens with zero attached hydrogens (tertiary/aromatic N) is 4. The van der Waals surface area contributed by atoms with Crippen LogP contribution >= 0.6 is 11.3 Å². The molecular weight excluding hydrogens is 577 g/mol. The van der Waals surface area contributed by atoms with Gasteiger partial charge < -0.3 is 19.8 Å². The number of phenols is 1. The predicted molar refractivity (Wildman–Crippen MR) is 157 cm³/mol. The first-order valence-corrected chi connectivity index (χ1v) is 13.5. The van der Waals surface area contributed by atoms with E-state index in [1.165, 1.54) is 59.9 Å². The Kier molecular flexibility index (Phi) is 9.06. The third-order valence-electron chi connectivity index (χ3n) is 6.65. The van der Waals surface area contributed by atoms with Crippen LogP contribution in [0.15, 0.2) is 89.2 Å². The Labute approximate surface area is 249 Å². The summed E-state index contributed by atoms with van der Waals surface area (Å²) in [6.07, 6.45) is 0.904. The number of aliphatic hydroxyl groups excluding tert-OH is 1. The van der Waals surface area contributed by atoms with Crippen LogP contribution in [0.25, 0.3) is 18.2 Å². The van der Waals surface area contributed by atoms with Crippen molar-refractivity contribution in [1.29, 1.82) is 15.8 Å². The third kappa shape index (κ3) is 6.02. The van der Waals surface area contributed by atoms with Crippen LogP contribution in [0.4, 0.5) is 18.9 Å². The van der Waals surface area contributed by atoms with Gasteiger partial charge in [0.05, 0.1) is 6.61 Å². The van der Waals surface area contributed by atoms with Crippen molar-refractivity contribution < 1.29 is 28.1 Å². The Bertz CT molecular complexity index is 1750. The van der Waals surface area contributed by atoms with Gasteiger partial charge in [-0.15, -0.1) is 11.3 Å². The molecule has 0 fully saturated rings. The largest absolute Gasteiger partial charge is 0.507 e. The summed E-state index contributed by atoms with van der Waals surface area (Å²) in [5.41, 5.74) is -4.02. The number of alkyl halides is 3. The molecule has 2 heterocycles. The maximum Gasteiger partial charge on any atom is 0.437 e. The number of anilines is 1. The Morgan fingerprint density at radius 1 is 0.977 bits per heavy atom. The summed E-state index contributed by atoms with van der Waals surface area (Å²) in [4.78, 5) is 3.08. The second-order valence-electron chi connectivity index (χ2n) is 9.27. The lowest BCUT2D eigenvalue weighted by molar-refractivity contribution is -0.249. The highest BCUT2D eigenvalue weighted by Crippen LogP contribution is 2.56. The number of halogens is 3. The second kappa shape index (κ2) is 12.7. The van der Waals surface area contributed by atoms with E-state index in [2.05, 4.69) is 0 Å². The monoisotopic (exact) mass is 600 g/mol. The van der Waals surface area contributed by atoms with Crippen LogP contribution in [0.5, 0.6) is 5.75 Å². The number of nitriles is 3. The average Bonchev–Trinajstić information content (AvgIpc) is 3.59. The Balaban J connectivity index is 1.72. The van der Waals surface area contributed by atoms with Crippen molar-refractivity contribution in [2.75, 3.05) is 25.1 Å². The van der Waals surface area contributed by atoms with Crippen molar-refractivity contribution in [3.8, 4) is 24.0 Å². The van der Waals surface area contributed by atoms with Gasteiger partial charge in [-0.2, -0.15) is 29.0 Å². The topological polar surface area (TPSA) is 124 Å². The van der Waals surface area contributed by atoms with Crippen LogP contribution in [0.1, 0.15) is 20.9 Å². The Morgan fingerprint density at radius 3 is 2.19 bits per heavy atom. The highest BCUT2D eigenvalue weighted by atomic mass is 32.1. The molecule has 4 rings (SSSR count). The van der Waals surface area contributed by atoms with Gasteiger partial charge >= 0.3 is 6.18 Å². The van der Waals surface area contributed by atoms with E-state index in [0.717, 1.165) is 16.6 Å². The number of hydrogen-bond donors (Lipinski definition) is 2. The summed E-state index contributed by atoms with van der Waals surface area (Å²) in [5.74, 6) is -0.689. The maximum absolute atomic E-state index is 14.9. The van der Waals surface area contributed by atoms with Crippen molar-refractivity contribution in [3.05, 3.63) is 110 Å². The first-order chi connectivity index (χ1) is 20.6. The molecule has 3 aromatic rings. The van der Waals surface area contributed by atoms with Crippen LogP contribution in [0.2, 0.25) is 0 Å². The summed E-state index contributed by atoms with van der Waals surface area (Å²) in [6.45, 7) is 0.377. The molecule has 11 heteroatoms. The SMILES string of the molecule is CN(CCO)c1ccc(/C=C/c2ccc(/C=C/C3=C(C#N)C(=C(C#N)C#N)OC3(c3ccccc3)C(F)(F)F)s2)c(O)c1. The summed E-state index contributed by atoms with van der Waals surface area (Å²) >= 11 is 1.25. The lowest BCUT2D eigenvalue weighted by atomic mass is 9.84. The number of phenolic OH excluding ortho intramolecular Hbond substituents is 1. The maximum atomic E-state index is 14.9. The molecule has 0 saturated carbocycles. The summed E-state index contributed by atoms with van der Waals surface area (Å²) in [5, 5.41) is 48.2. The van der Waals surface area contributed by atoms with Gasteiger partial charge in [0.25, 0.3) is 5.60 Å². The zero-order chi connectivity index (χ0) is 31.2. The molecule has 43 heavy (non-hydrogen) atoms. The van der Waals surface area contributed by atoms with E-state index in [1.54, 1.807) is 60.5 Å². The highest BCUT2D eigenvalue weighted by Gasteiger charge is 2.65. The molecule has 1 aromatic heterocycles. The van der Waals surface area contributed by atoms with Gasteiger partial charge in [-0.25, -0.2) is 0 Å².